The highest BCUT2D eigenvalue weighted by atomic mass is 19.2. The molecule has 190 valence electrons. The third-order valence-electron chi connectivity index (χ3n) is 8.31. The normalized spacial score (nSPS) is 22.8. The van der Waals surface area contributed by atoms with Crippen LogP contribution in [-0.2, 0) is 12.5 Å². The van der Waals surface area contributed by atoms with Gasteiger partial charge in [-0.25, -0.2) is 18.7 Å². The van der Waals surface area contributed by atoms with Gasteiger partial charge in [-0.2, -0.15) is 5.10 Å². The summed E-state index contributed by atoms with van der Waals surface area (Å²) in [6, 6.07) is 8.07. The van der Waals surface area contributed by atoms with Crippen LogP contribution in [0.25, 0.3) is 10.9 Å². The SMILES string of the molecule is Cc1c(C(=N)c2ncc(N3CC[C@@H]4[C@H](C3)[C@@]4(CN)c3cccc(F)c3F)nc2N)ccc2nn(C)cc12. The average Bonchev–Trinajstić information content (AvgIpc) is 3.37. The van der Waals surface area contributed by atoms with Crippen molar-refractivity contribution in [1.82, 2.24) is 19.7 Å². The molecule has 2 aromatic carbocycles. The Hall–Kier alpha value is -3.92. The van der Waals surface area contributed by atoms with E-state index >= 15 is 0 Å². The minimum absolute atomic E-state index is 0.0809. The number of piperidine rings is 1. The molecule has 2 aromatic heterocycles. The minimum atomic E-state index is -0.847. The van der Waals surface area contributed by atoms with Crippen molar-refractivity contribution in [2.45, 2.75) is 18.8 Å². The van der Waals surface area contributed by atoms with Gasteiger partial charge in [-0.3, -0.25) is 10.1 Å². The van der Waals surface area contributed by atoms with Crippen molar-refractivity contribution in [3.8, 4) is 0 Å². The lowest BCUT2D eigenvalue weighted by Gasteiger charge is -2.27. The number of nitrogen functional groups attached to an aromatic ring is 1. The minimum Gasteiger partial charge on any atom is -0.382 e. The van der Waals surface area contributed by atoms with Crippen LogP contribution in [0.5, 0.6) is 0 Å². The van der Waals surface area contributed by atoms with Gasteiger partial charge >= 0.3 is 0 Å². The van der Waals surface area contributed by atoms with Gasteiger partial charge in [0.25, 0.3) is 0 Å². The molecule has 8 nitrogen and oxygen atoms in total. The molecule has 1 saturated heterocycles. The van der Waals surface area contributed by atoms with E-state index in [1.807, 2.05) is 32.3 Å². The smallest absolute Gasteiger partial charge is 0.162 e. The first-order chi connectivity index (χ1) is 17.8. The molecule has 3 atom stereocenters. The number of benzene rings is 2. The highest BCUT2D eigenvalue weighted by Crippen LogP contribution is 2.63. The Kier molecular flexibility index (Phi) is 5.27. The second-order valence-corrected chi connectivity index (χ2v) is 10.1. The standard InChI is InChI=1S/C27H28F2N8/c1-14-15(6-7-21-16(14)11-36(2)35-21)24(31)25-26(32)34-22(10-33-25)37-9-8-17-19(12-37)27(17,13-30)18-4-3-5-20(28)23(18)29/h3-7,10-11,17,19,31H,8-9,12-13,30H2,1-2H3,(H2,32,34)/t17-,19+,27-/m1/s1. The summed E-state index contributed by atoms with van der Waals surface area (Å²) in [6.07, 6.45) is 4.34. The van der Waals surface area contributed by atoms with Gasteiger partial charge in [-0.15, -0.1) is 0 Å². The topological polar surface area (TPSA) is 123 Å². The van der Waals surface area contributed by atoms with Crippen LogP contribution in [0.2, 0.25) is 0 Å². The summed E-state index contributed by atoms with van der Waals surface area (Å²) in [5.74, 6) is -0.608. The van der Waals surface area contributed by atoms with E-state index in [2.05, 4.69) is 20.0 Å². The molecule has 2 aliphatic rings. The van der Waals surface area contributed by atoms with Gasteiger partial charge in [-0.05, 0) is 48.4 Å². The lowest BCUT2D eigenvalue weighted by molar-refractivity contribution is 0.472. The summed E-state index contributed by atoms with van der Waals surface area (Å²) >= 11 is 0. The Labute approximate surface area is 212 Å². The Bertz CT molecular complexity index is 1560. The molecule has 2 fully saturated rings. The van der Waals surface area contributed by atoms with E-state index < -0.39 is 17.0 Å². The second-order valence-electron chi connectivity index (χ2n) is 10.1. The van der Waals surface area contributed by atoms with Crippen LogP contribution in [0.1, 0.15) is 28.8 Å². The van der Waals surface area contributed by atoms with Crippen molar-refractivity contribution in [2.24, 2.45) is 24.6 Å². The predicted molar refractivity (Wildman–Crippen MR) is 139 cm³/mol. The summed E-state index contributed by atoms with van der Waals surface area (Å²) in [4.78, 5) is 11.2. The van der Waals surface area contributed by atoms with Crippen LogP contribution in [-0.4, -0.2) is 45.1 Å². The number of fused-ring (bicyclic) bond motifs is 2. The predicted octanol–water partition coefficient (Wildman–Crippen LogP) is 3.30. The van der Waals surface area contributed by atoms with E-state index in [0.717, 1.165) is 34.5 Å². The lowest BCUT2D eigenvalue weighted by atomic mass is 9.90. The maximum Gasteiger partial charge on any atom is 0.162 e. The summed E-state index contributed by atoms with van der Waals surface area (Å²) in [6.45, 7) is 3.49. The van der Waals surface area contributed by atoms with Gasteiger partial charge in [0.05, 0.1) is 17.4 Å². The molecule has 0 bridgehead atoms. The van der Waals surface area contributed by atoms with Crippen molar-refractivity contribution < 1.29 is 8.78 Å². The Morgan fingerprint density at radius 3 is 2.78 bits per heavy atom. The van der Waals surface area contributed by atoms with Crippen molar-refractivity contribution in [3.63, 3.8) is 0 Å². The van der Waals surface area contributed by atoms with Gasteiger partial charge in [0.2, 0.25) is 0 Å². The number of nitrogens with zero attached hydrogens (tertiary/aromatic N) is 5. The van der Waals surface area contributed by atoms with Crippen LogP contribution in [0.4, 0.5) is 20.4 Å². The molecule has 37 heavy (non-hydrogen) atoms. The van der Waals surface area contributed by atoms with Crippen molar-refractivity contribution >= 4 is 28.3 Å². The number of rotatable bonds is 5. The molecule has 4 aromatic rings. The number of hydrogen-bond donors (Lipinski definition) is 3. The molecule has 0 amide bonds. The number of aryl methyl sites for hydroxylation is 2. The Morgan fingerprint density at radius 1 is 1.22 bits per heavy atom. The van der Waals surface area contributed by atoms with Crippen molar-refractivity contribution in [2.75, 3.05) is 30.3 Å². The number of aromatic nitrogens is 4. The van der Waals surface area contributed by atoms with Crippen LogP contribution in [0.15, 0.2) is 42.7 Å². The number of anilines is 2. The Balaban J connectivity index is 1.26. The fraction of sp³-hybridized carbons (Fsp3) is 0.333. The van der Waals surface area contributed by atoms with E-state index in [9.17, 15) is 8.78 Å². The maximum absolute atomic E-state index is 14.7. The quantitative estimate of drug-likeness (QED) is 0.360. The second kappa shape index (κ2) is 8.31. The molecule has 5 N–H and O–H groups in total. The molecule has 0 spiro atoms. The average molecular weight is 503 g/mol. The van der Waals surface area contributed by atoms with Crippen LogP contribution in [0, 0.1) is 35.8 Å². The van der Waals surface area contributed by atoms with Gasteiger partial charge in [0.1, 0.15) is 11.5 Å². The summed E-state index contributed by atoms with van der Waals surface area (Å²) in [5.41, 5.74) is 15.3. The first-order valence-electron chi connectivity index (χ1n) is 12.3. The van der Waals surface area contributed by atoms with Crippen LogP contribution in [0.3, 0.4) is 0 Å². The highest BCUT2D eigenvalue weighted by molar-refractivity contribution is 6.14. The van der Waals surface area contributed by atoms with E-state index in [-0.39, 0.29) is 29.9 Å². The number of hydrogen-bond acceptors (Lipinski definition) is 7. The number of nitrogens with one attached hydrogen (secondary N) is 1. The summed E-state index contributed by atoms with van der Waals surface area (Å²) < 4.78 is 30.4. The monoisotopic (exact) mass is 502 g/mol. The van der Waals surface area contributed by atoms with Crippen LogP contribution >= 0.6 is 0 Å². The molecule has 1 aliphatic heterocycles. The van der Waals surface area contributed by atoms with Gasteiger partial charge in [0.15, 0.2) is 17.5 Å². The van der Waals surface area contributed by atoms with Gasteiger partial charge < -0.3 is 16.4 Å². The third-order valence-corrected chi connectivity index (χ3v) is 8.31. The third kappa shape index (κ3) is 3.42. The highest BCUT2D eigenvalue weighted by Gasteiger charge is 2.66. The Morgan fingerprint density at radius 2 is 2.03 bits per heavy atom. The van der Waals surface area contributed by atoms with Crippen molar-refractivity contribution in [1.29, 1.82) is 5.41 Å². The first-order valence-corrected chi connectivity index (χ1v) is 12.3. The molecule has 3 heterocycles. The fourth-order valence-corrected chi connectivity index (χ4v) is 6.35. The molecule has 0 radical (unpaired) electrons. The van der Waals surface area contributed by atoms with E-state index in [1.54, 1.807) is 23.0 Å². The molecule has 1 aliphatic carbocycles. The van der Waals surface area contributed by atoms with Crippen LogP contribution < -0.4 is 16.4 Å². The molecular weight excluding hydrogens is 474 g/mol. The molecular formula is C27H28F2N8. The first kappa shape index (κ1) is 23.5. The summed E-state index contributed by atoms with van der Waals surface area (Å²) in [7, 11) is 1.86. The lowest BCUT2D eigenvalue weighted by Crippen LogP contribution is -2.33. The molecule has 10 heteroatoms. The summed E-state index contributed by atoms with van der Waals surface area (Å²) in [5, 5.41) is 14.2. The van der Waals surface area contributed by atoms with E-state index in [0.29, 0.717) is 30.2 Å². The largest absolute Gasteiger partial charge is 0.382 e. The maximum atomic E-state index is 14.7. The zero-order valence-corrected chi connectivity index (χ0v) is 20.7. The molecule has 1 saturated carbocycles. The van der Waals surface area contributed by atoms with Gasteiger partial charge in [-0.1, -0.05) is 18.2 Å². The zero-order valence-electron chi connectivity index (χ0n) is 20.7. The molecule has 0 unspecified atom stereocenters. The fourth-order valence-electron chi connectivity index (χ4n) is 6.35. The zero-order chi connectivity index (χ0) is 26.1. The molecule has 6 rings (SSSR count). The van der Waals surface area contributed by atoms with Gasteiger partial charge in [0, 0.05) is 49.2 Å². The van der Waals surface area contributed by atoms with Crippen molar-refractivity contribution in [3.05, 3.63) is 76.7 Å². The number of halogens is 2. The number of nitrogens with two attached hydrogens (primary N) is 2. The van der Waals surface area contributed by atoms with E-state index in [4.69, 9.17) is 16.9 Å². The van der Waals surface area contributed by atoms with E-state index in [1.165, 1.54) is 0 Å².